The highest BCUT2D eigenvalue weighted by molar-refractivity contribution is 5.93. The Bertz CT molecular complexity index is 497. The van der Waals surface area contributed by atoms with Crippen LogP contribution < -0.4 is 22.3 Å². The molecule has 0 bridgehead atoms. The van der Waals surface area contributed by atoms with E-state index in [1.165, 1.54) is 64.0 Å². The van der Waals surface area contributed by atoms with Gasteiger partial charge in [-0.05, 0) is 18.6 Å². The molecule has 0 aromatic carbocycles. The van der Waals surface area contributed by atoms with E-state index in [0.717, 1.165) is 12.8 Å². The number of amides is 1. The summed E-state index contributed by atoms with van der Waals surface area (Å²) in [5, 5.41) is 2.55. The number of aromatic nitrogens is 1. The third-order valence-corrected chi connectivity index (χ3v) is 4.37. The number of esters is 1. The lowest BCUT2D eigenvalue weighted by molar-refractivity contribution is -0.144. The molecule has 0 fully saturated rings. The summed E-state index contributed by atoms with van der Waals surface area (Å²) in [6, 6.07) is 3.35. The number of ether oxygens (including phenoxy) is 1. The van der Waals surface area contributed by atoms with E-state index in [0.29, 0.717) is 12.0 Å². The van der Waals surface area contributed by atoms with E-state index in [4.69, 9.17) is 4.74 Å². The zero-order chi connectivity index (χ0) is 18.9. The molecule has 1 rings (SSSR count). The maximum Gasteiger partial charge on any atom is 0.307 e. The highest BCUT2D eigenvalue weighted by atomic mass is 79.9. The van der Waals surface area contributed by atoms with E-state index in [2.05, 4.69) is 17.2 Å². The van der Waals surface area contributed by atoms with E-state index in [1.54, 1.807) is 18.3 Å². The van der Waals surface area contributed by atoms with Crippen LogP contribution in [-0.2, 0) is 9.53 Å². The number of hydrogen-bond donors (Lipinski definition) is 1. The zero-order valence-corrected chi connectivity index (χ0v) is 18.1. The van der Waals surface area contributed by atoms with Gasteiger partial charge in [0.05, 0.1) is 5.56 Å². The summed E-state index contributed by atoms with van der Waals surface area (Å²) in [7, 11) is 0. The van der Waals surface area contributed by atoms with Crippen LogP contribution in [-0.4, -0.2) is 23.6 Å². The monoisotopic (exact) mass is 441 g/mol. The Morgan fingerprint density at radius 1 is 0.963 bits per heavy atom. The molecule has 0 saturated carbocycles. The molecule has 0 radical (unpaired) electrons. The molecular weight excluding hydrogens is 408 g/mol. The fourth-order valence-corrected chi connectivity index (χ4v) is 2.79. The molecule has 154 valence electrons. The lowest BCUT2D eigenvalue weighted by Gasteiger charge is -2.07. The van der Waals surface area contributed by atoms with Crippen LogP contribution in [0.25, 0.3) is 0 Å². The molecule has 1 heterocycles. The number of carbonyl (C=O) groups is 2. The van der Waals surface area contributed by atoms with Gasteiger partial charge in [-0.3, -0.25) is 14.6 Å². The Kier molecular flexibility index (Phi) is 17.0. The van der Waals surface area contributed by atoms with Crippen LogP contribution in [0.5, 0.6) is 0 Å². The Balaban J connectivity index is 0.00000676. The molecule has 27 heavy (non-hydrogen) atoms. The average Bonchev–Trinajstić information content (AvgIpc) is 2.66. The fraction of sp³-hybridized carbons (Fsp3) is 0.667. The predicted molar refractivity (Wildman–Crippen MR) is 104 cm³/mol. The zero-order valence-electron chi connectivity index (χ0n) is 16.6. The Labute approximate surface area is 174 Å². The minimum absolute atomic E-state index is 0. The van der Waals surface area contributed by atoms with Gasteiger partial charge < -0.3 is 27.0 Å². The molecule has 6 heteroatoms. The maximum atomic E-state index is 11.7. The van der Waals surface area contributed by atoms with Crippen molar-refractivity contribution in [2.24, 2.45) is 0 Å². The van der Waals surface area contributed by atoms with E-state index in [-0.39, 0.29) is 35.6 Å². The maximum absolute atomic E-state index is 11.7. The van der Waals surface area contributed by atoms with Crippen LogP contribution in [0.1, 0.15) is 94.3 Å². The third-order valence-electron chi connectivity index (χ3n) is 4.37. The van der Waals surface area contributed by atoms with Crippen molar-refractivity contribution in [3.8, 4) is 0 Å². The van der Waals surface area contributed by atoms with Crippen LogP contribution in [0, 0.1) is 0 Å². The molecule has 0 aliphatic carbocycles. The second-order valence-electron chi connectivity index (χ2n) is 6.69. The molecule has 0 atom stereocenters. The first-order chi connectivity index (χ1) is 12.7. The standard InChI is InChI=1S/C21H34N2O3.BrH/c1-2-3-4-5-6-7-8-9-10-11-12-15-20(24)26-18-23-21(25)19-14-13-16-22-17-19;/h13-14,16-17H,2-12,15,18H2,1H3,(H,23,25);1H/p-1. The van der Waals surface area contributed by atoms with Gasteiger partial charge in [0, 0.05) is 18.8 Å². The van der Waals surface area contributed by atoms with Gasteiger partial charge in [0.25, 0.3) is 5.91 Å². The number of carbonyl (C=O) groups excluding carboxylic acids is 2. The van der Waals surface area contributed by atoms with E-state index in [9.17, 15) is 9.59 Å². The molecule has 5 nitrogen and oxygen atoms in total. The van der Waals surface area contributed by atoms with Crippen molar-refractivity contribution in [1.29, 1.82) is 0 Å². The highest BCUT2D eigenvalue weighted by Crippen LogP contribution is 2.12. The second kappa shape index (κ2) is 18.0. The van der Waals surface area contributed by atoms with Crippen molar-refractivity contribution < 1.29 is 31.3 Å². The average molecular weight is 442 g/mol. The van der Waals surface area contributed by atoms with Crippen LogP contribution in [0.3, 0.4) is 0 Å². The largest absolute Gasteiger partial charge is 1.00 e. The Hall–Kier alpha value is -1.43. The summed E-state index contributed by atoms with van der Waals surface area (Å²) in [6.07, 6.45) is 17.3. The van der Waals surface area contributed by atoms with Crippen molar-refractivity contribution in [2.45, 2.75) is 84.0 Å². The van der Waals surface area contributed by atoms with Crippen molar-refractivity contribution >= 4 is 11.9 Å². The van der Waals surface area contributed by atoms with Gasteiger partial charge in [0.15, 0.2) is 6.73 Å². The number of halogens is 1. The summed E-state index contributed by atoms with van der Waals surface area (Å²) in [4.78, 5) is 27.3. The van der Waals surface area contributed by atoms with Crippen LogP contribution in [0.15, 0.2) is 24.5 Å². The number of hydrogen-bond acceptors (Lipinski definition) is 4. The summed E-state index contributed by atoms with van der Waals surface area (Å²) >= 11 is 0. The molecule has 1 aromatic heterocycles. The number of unbranched alkanes of at least 4 members (excludes halogenated alkanes) is 10. The molecule has 1 aromatic rings. The van der Waals surface area contributed by atoms with Crippen LogP contribution in [0.2, 0.25) is 0 Å². The number of rotatable bonds is 15. The van der Waals surface area contributed by atoms with Gasteiger partial charge in [0.2, 0.25) is 0 Å². The van der Waals surface area contributed by atoms with Crippen molar-refractivity contribution in [1.82, 2.24) is 10.3 Å². The van der Waals surface area contributed by atoms with Gasteiger partial charge in [-0.15, -0.1) is 0 Å². The number of pyridine rings is 1. The first kappa shape index (κ1) is 25.6. The molecule has 1 amide bonds. The molecule has 0 saturated heterocycles. The first-order valence-electron chi connectivity index (χ1n) is 10.1. The fourth-order valence-electron chi connectivity index (χ4n) is 2.79. The number of nitrogens with one attached hydrogen (secondary N) is 1. The molecule has 0 aliphatic heterocycles. The van der Waals surface area contributed by atoms with Crippen molar-refractivity contribution in [2.75, 3.05) is 6.73 Å². The summed E-state index contributed by atoms with van der Waals surface area (Å²) in [6.45, 7) is 2.15. The SMILES string of the molecule is CCCCCCCCCCCCCC(=O)OCNC(=O)c1cccnc1.[Br-]. The minimum atomic E-state index is -0.291. The Morgan fingerprint density at radius 3 is 2.11 bits per heavy atom. The molecular formula is C21H34BrN2O3-. The van der Waals surface area contributed by atoms with Crippen LogP contribution >= 0.6 is 0 Å². The van der Waals surface area contributed by atoms with Crippen molar-refractivity contribution in [3.05, 3.63) is 30.1 Å². The van der Waals surface area contributed by atoms with Gasteiger partial charge in [-0.1, -0.05) is 71.1 Å². The first-order valence-corrected chi connectivity index (χ1v) is 10.1. The topological polar surface area (TPSA) is 68.3 Å². The summed E-state index contributed by atoms with van der Waals surface area (Å²) < 4.78 is 5.03. The van der Waals surface area contributed by atoms with Gasteiger partial charge in [0.1, 0.15) is 0 Å². The predicted octanol–water partition coefficient (Wildman–Crippen LogP) is 2.02. The normalized spacial score (nSPS) is 10.1. The molecule has 0 spiro atoms. The Morgan fingerprint density at radius 2 is 1.56 bits per heavy atom. The number of nitrogens with zero attached hydrogens (tertiary/aromatic N) is 1. The van der Waals surface area contributed by atoms with E-state index >= 15 is 0 Å². The third kappa shape index (κ3) is 14.3. The second-order valence-corrected chi connectivity index (χ2v) is 6.69. The van der Waals surface area contributed by atoms with Crippen LogP contribution in [0.4, 0.5) is 0 Å². The van der Waals surface area contributed by atoms with Crippen molar-refractivity contribution in [3.63, 3.8) is 0 Å². The minimum Gasteiger partial charge on any atom is -1.00 e. The quantitative estimate of drug-likeness (QED) is 0.256. The molecule has 0 unspecified atom stereocenters. The smallest absolute Gasteiger partial charge is 0.307 e. The lowest BCUT2D eigenvalue weighted by atomic mass is 10.1. The highest BCUT2D eigenvalue weighted by Gasteiger charge is 2.06. The summed E-state index contributed by atoms with van der Waals surface area (Å²) in [5.74, 6) is -0.548. The summed E-state index contributed by atoms with van der Waals surface area (Å²) in [5.41, 5.74) is 0.453. The van der Waals surface area contributed by atoms with Gasteiger partial charge >= 0.3 is 5.97 Å². The van der Waals surface area contributed by atoms with E-state index < -0.39 is 0 Å². The van der Waals surface area contributed by atoms with Gasteiger partial charge in [-0.25, -0.2) is 0 Å². The molecule has 1 N–H and O–H groups in total. The lowest BCUT2D eigenvalue weighted by Crippen LogP contribution is -3.00. The van der Waals surface area contributed by atoms with Gasteiger partial charge in [-0.2, -0.15) is 0 Å². The van der Waals surface area contributed by atoms with E-state index in [1.807, 2.05) is 0 Å². The molecule has 0 aliphatic rings.